The van der Waals surface area contributed by atoms with Crippen LogP contribution in [-0.2, 0) is 13.2 Å². The molecule has 3 N–H and O–H groups in total. The Balaban J connectivity index is 1.94. The fraction of sp³-hybridized carbons (Fsp3) is 0.263. The minimum Gasteiger partial charge on any atom is -0.508 e. The number of nitrogens with two attached hydrogens (primary N) is 1. The molecule has 0 bridgehead atoms. The number of benzene rings is 2. The van der Waals surface area contributed by atoms with Gasteiger partial charge in [-0.1, -0.05) is 18.2 Å². The highest BCUT2D eigenvalue weighted by molar-refractivity contribution is 5.82. The Morgan fingerprint density at radius 1 is 1.13 bits per heavy atom. The lowest BCUT2D eigenvalue weighted by atomic mass is 10.1. The van der Waals surface area contributed by atoms with E-state index in [2.05, 4.69) is 42.7 Å². The van der Waals surface area contributed by atoms with Crippen molar-refractivity contribution in [2.24, 2.45) is 5.73 Å². The molecule has 0 unspecified atom stereocenters. The number of hydrogen-bond donors (Lipinski definition) is 2. The highest BCUT2D eigenvalue weighted by Crippen LogP contribution is 2.27. The number of phenolic OH excluding ortho intramolecular Hbond substituents is 1. The van der Waals surface area contributed by atoms with Gasteiger partial charge in [-0.15, -0.1) is 0 Å². The smallest absolute Gasteiger partial charge is 0.128 e. The first-order valence-electron chi connectivity index (χ1n) is 7.83. The molecule has 0 radical (unpaired) electrons. The molecule has 0 amide bonds. The van der Waals surface area contributed by atoms with Crippen molar-refractivity contribution in [3.8, 4) is 11.5 Å². The number of fused-ring (bicyclic) bond motifs is 1. The zero-order valence-corrected chi connectivity index (χ0v) is 13.5. The summed E-state index contributed by atoms with van der Waals surface area (Å²) in [6.07, 6.45) is 0. The molecule has 0 fully saturated rings. The number of aromatic hydroxyl groups is 1. The first-order valence-corrected chi connectivity index (χ1v) is 7.83. The van der Waals surface area contributed by atoms with E-state index in [4.69, 9.17) is 10.5 Å². The lowest BCUT2D eigenvalue weighted by molar-refractivity contribution is 0.291. The van der Waals surface area contributed by atoms with Crippen LogP contribution in [0.25, 0.3) is 10.9 Å². The maximum atomic E-state index is 9.53. The van der Waals surface area contributed by atoms with Crippen LogP contribution in [-0.4, -0.2) is 9.67 Å². The molecule has 0 saturated carbocycles. The summed E-state index contributed by atoms with van der Waals surface area (Å²) in [6.45, 7) is 5.31. The third-order valence-electron chi connectivity index (χ3n) is 3.94. The van der Waals surface area contributed by atoms with Crippen molar-refractivity contribution < 1.29 is 9.84 Å². The van der Waals surface area contributed by atoms with E-state index in [1.54, 1.807) is 18.2 Å². The second kappa shape index (κ2) is 6.34. The lowest BCUT2D eigenvalue weighted by Crippen LogP contribution is -2.08. The quantitative estimate of drug-likeness (QED) is 0.749. The molecule has 0 saturated heterocycles. The molecule has 1 heterocycles. The monoisotopic (exact) mass is 310 g/mol. The molecule has 0 atom stereocenters. The second-order valence-electron chi connectivity index (χ2n) is 5.98. The van der Waals surface area contributed by atoms with Gasteiger partial charge in [0.25, 0.3) is 0 Å². The third kappa shape index (κ3) is 3.17. The molecule has 0 spiro atoms. The van der Waals surface area contributed by atoms with Gasteiger partial charge in [-0.3, -0.25) is 0 Å². The predicted molar refractivity (Wildman–Crippen MR) is 92.7 cm³/mol. The van der Waals surface area contributed by atoms with E-state index in [-0.39, 0.29) is 5.75 Å². The Kier molecular flexibility index (Phi) is 4.26. The Bertz CT molecular complexity index is 821. The van der Waals surface area contributed by atoms with Crippen LogP contribution in [0, 0.1) is 0 Å². The van der Waals surface area contributed by atoms with E-state index in [9.17, 15) is 5.11 Å². The standard InChI is InChI=1S/C19H22N2O2/c1-13(2)21-16(12-23-18-5-3-4-17(22)10-18)9-15-7-6-14(11-20)8-19(15)21/h3-10,13,22H,11-12,20H2,1-2H3. The highest BCUT2D eigenvalue weighted by atomic mass is 16.5. The van der Waals surface area contributed by atoms with Crippen molar-refractivity contribution >= 4 is 10.9 Å². The predicted octanol–water partition coefficient (Wildman–Crippen LogP) is 3.97. The Hall–Kier alpha value is -2.46. The molecular formula is C19H22N2O2. The van der Waals surface area contributed by atoms with Crippen LogP contribution in [0.15, 0.2) is 48.5 Å². The molecule has 120 valence electrons. The van der Waals surface area contributed by atoms with Gasteiger partial charge >= 0.3 is 0 Å². The maximum Gasteiger partial charge on any atom is 0.128 e. The molecule has 0 aliphatic heterocycles. The van der Waals surface area contributed by atoms with Crippen LogP contribution >= 0.6 is 0 Å². The molecule has 3 aromatic rings. The molecule has 0 aliphatic carbocycles. The zero-order chi connectivity index (χ0) is 16.4. The highest BCUT2D eigenvalue weighted by Gasteiger charge is 2.12. The van der Waals surface area contributed by atoms with E-state index >= 15 is 0 Å². The van der Waals surface area contributed by atoms with Gasteiger partial charge in [0.05, 0.1) is 5.69 Å². The number of hydrogen-bond acceptors (Lipinski definition) is 3. The van der Waals surface area contributed by atoms with Crippen molar-refractivity contribution in [3.05, 3.63) is 59.8 Å². The van der Waals surface area contributed by atoms with Gasteiger partial charge in [0, 0.05) is 29.6 Å². The van der Waals surface area contributed by atoms with E-state index in [0.717, 1.165) is 11.3 Å². The van der Waals surface area contributed by atoms with Gasteiger partial charge in [0.2, 0.25) is 0 Å². The minimum absolute atomic E-state index is 0.208. The molecular weight excluding hydrogens is 288 g/mol. The van der Waals surface area contributed by atoms with E-state index in [1.165, 1.54) is 10.9 Å². The van der Waals surface area contributed by atoms with Crippen LogP contribution in [0.2, 0.25) is 0 Å². The molecule has 1 aromatic heterocycles. The van der Waals surface area contributed by atoms with Crippen LogP contribution in [0.5, 0.6) is 11.5 Å². The van der Waals surface area contributed by atoms with E-state index < -0.39 is 0 Å². The zero-order valence-electron chi connectivity index (χ0n) is 13.5. The molecule has 23 heavy (non-hydrogen) atoms. The van der Waals surface area contributed by atoms with E-state index in [1.807, 2.05) is 6.07 Å². The van der Waals surface area contributed by atoms with Crippen LogP contribution < -0.4 is 10.5 Å². The summed E-state index contributed by atoms with van der Waals surface area (Å²) >= 11 is 0. The molecule has 4 heteroatoms. The van der Waals surface area contributed by atoms with Crippen LogP contribution in [0.4, 0.5) is 0 Å². The number of ether oxygens (including phenoxy) is 1. The number of rotatable bonds is 5. The SMILES string of the molecule is CC(C)n1c(COc2cccc(O)c2)cc2ccc(CN)cc21. The van der Waals surface area contributed by atoms with Crippen molar-refractivity contribution in [2.75, 3.05) is 0 Å². The third-order valence-corrected chi connectivity index (χ3v) is 3.94. The van der Waals surface area contributed by atoms with Gasteiger partial charge < -0.3 is 20.1 Å². The van der Waals surface area contributed by atoms with Gasteiger partial charge in [-0.25, -0.2) is 0 Å². The van der Waals surface area contributed by atoms with Crippen molar-refractivity contribution in [1.82, 2.24) is 4.57 Å². The summed E-state index contributed by atoms with van der Waals surface area (Å²) in [5, 5.41) is 10.7. The molecule has 4 nitrogen and oxygen atoms in total. The summed E-state index contributed by atoms with van der Waals surface area (Å²) in [7, 11) is 0. The van der Waals surface area contributed by atoms with Crippen molar-refractivity contribution in [1.29, 1.82) is 0 Å². The van der Waals surface area contributed by atoms with Crippen LogP contribution in [0.3, 0.4) is 0 Å². The van der Waals surface area contributed by atoms with Crippen molar-refractivity contribution in [3.63, 3.8) is 0 Å². The van der Waals surface area contributed by atoms with Gasteiger partial charge in [-0.2, -0.15) is 0 Å². The second-order valence-corrected chi connectivity index (χ2v) is 5.98. The Morgan fingerprint density at radius 2 is 1.96 bits per heavy atom. The first-order chi connectivity index (χ1) is 11.1. The summed E-state index contributed by atoms with van der Waals surface area (Å²) in [6, 6.07) is 15.7. The number of nitrogens with zero attached hydrogens (tertiary/aromatic N) is 1. The van der Waals surface area contributed by atoms with Crippen LogP contribution in [0.1, 0.15) is 31.1 Å². The summed E-state index contributed by atoms with van der Waals surface area (Å²) in [4.78, 5) is 0. The Morgan fingerprint density at radius 3 is 2.65 bits per heavy atom. The minimum atomic E-state index is 0.208. The Labute approximate surface area is 136 Å². The fourth-order valence-electron chi connectivity index (χ4n) is 2.90. The molecule has 0 aliphatic rings. The van der Waals surface area contributed by atoms with Gasteiger partial charge in [0.1, 0.15) is 18.1 Å². The van der Waals surface area contributed by atoms with Gasteiger partial charge in [0.15, 0.2) is 0 Å². The average molecular weight is 310 g/mol. The topological polar surface area (TPSA) is 60.4 Å². The summed E-state index contributed by atoms with van der Waals surface area (Å²) < 4.78 is 8.12. The number of phenols is 1. The largest absolute Gasteiger partial charge is 0.508 e. The lowest BCUT2D eigenvalue weighted by Gasteiger charge is -2.15. The number of aromatic nitrogens is 1. The maximum absolute atomic E-state index is 9.53. The normalized spacial score (nSPS) is 11.3. The fourth-order valence-corrected chi connectivity index (χ4v) is 2.90. The molecule has 2 aromatic carbocycles. The summed E-state index contributed by atoms with van der Waals surface area (Å²) in [5.41, 5.74) is 9.17. The average Bonchev–Trinajstić information content (AvgIpc) is 2.90. The molecule has 3 rings (SSSR count). The van der Waals surface area contributed by atoms with Gasteiger partial charge in [-0.05, 0) is 43.7 Å². The van der Waals surface area contributed by atoms with Crippen molar-refractivity contribution in [2.45, 2.75) is 33.0 Å². The first kappa shape index (κ1) is 15.4. The summed E-state index contributed by atoms with van der Waals surface area (Å²) in [5.74, 6) is 0.868. The van der Waals surface area contributed by atoms with E-state index in [0.29, 0.717) is 24.9 Å².